The third-order valence-electron chi connectivity index (χ3n) is 9.21. The molecule has 6 nitrogen and oxygen atoms in total. The zero-order chi connectivity index (χ0) is 23.6. The summed E-state index contributed by atoms with van der Waals surface area (Å²) in [6, 6.07) is 9.10. The van der Waals surface area contributed by atoms with Crippen LogP contribution >= 0.6 is 0 Å². The molecule has 1 aliphatic carbocycles. The van der Waals surface area contributed by atoms with Crippen molar-refractivity contribution in [3.05, 3.63) is 30.0 Å². The first-order chi connectivity index (χ1) is 17.2. The van der Waals surface area contributed by atoms with Gasteiger partial charge in [-0.25, -0.2) is 0 Å². The lowest BCUT2D eigenvalue weighted by atomic mass is 9.83. The minimum absolute atomic E-state index is 0.00900. The topological polar surface area (TPSA) is 60.6 Å². The van der Waals surface area contributed by atoms with Crippen LogP contribution in [0.25, 0.3) is 10.9 Å². The van der Waals surface area contributed by atoms with Crippen LogP contribution in [0.15, 0.2) is 24.3 Å². The highest BCUT2D eigenvalue weighted by Gasteiger charge is 2.34. The van der Waals surface area contributed by atoms with Crippen molar-refractivity contribution in [2.45, 2.75) is 76.3 Å². The summed E-state index contributed by atoms with van der Waals surface area (Å²) in [5, 5.41) is 4.32. The Hall–Kier alpha value is -2.05. The fourth-order valence-corrected chi connectivity index (χ4v) is 6.89. The molecular formula is C29H42N4O2. The number of hydrogen-bond donors (Lipinski definition) is 2. The highest BCUT2D eigenvalue weighted by Crippen LogP contribution is 2.33. The van der Waals surface area contributed by atoms with E-state index in [1.807, 2.05) is 24.3 Å². The number of fused-ring (bicyclic) bond motifs is 2. The van der Waals surface area contributed by atoms with Gasteiger partial charge in [0, 0.05) is 42.6 Å². The van der Waals surface area contributed by atoms with Crippen LogP contribution in [0.3, 0.4) is 0 Å². The molecule has 1 amide bonds. The molecule has 2 aromatic rings. The fourth-order valence-electron chi connectivity index (χ4n) is 6.89. The number of amides is 1. The molecule has 1 saturated carbocycles. The number of rotatable bonds is 7. The average Bonchev–Trinajstić information content (AvgIpc) is 3.30. The van der Waals surface area contributed by atoms with E-state index >= 15 is 0 Å². The van der Waals surface area contributed by atoms with Crippen LogP contribution in [-0.2, 0) is 0 Å². The smallest absolute Gasteiger partial charge is 0.267 e. The van der Waals surface area contributed by atoms with Gasteiger partial charge >= 0.3 is 0 Å². The molecule has 2 atom stereocenters. The van der Waals surface area contributed by atoms with Gasteiger partial charge in [-0.3, -0.25) is 4.79 Å². The molecule has 1 aromatic carbocycles. The number of aromatic nitrogens is 1. The van der Waals surface area contributed by atoms with Crippen molar-refractivity contribution in [2.75, 3.05) is 39.3 Å². The Morgan fingerprint density at radius 2 is 1.83 bits per heavy atom. The van der Waals surface area contributed by atoms with Crippen molar-refractivity contribution in [3.8, 4) is 5.75 Å². The summed E-state index contributed by atoms with van der Waals surface area (Å²) >= 11 is 0. The van der Waals surface area contributed by atoms with Gasteiger partial charge in [0.05, 0.1) is 6.61 Å². The fraction of sp³-hybridized carbons (Fsp3) is 0.690. The number of likely N-dealkylation sites (tertiary alicyclic amines) is 1. The van der Waals surface area contributed by atoms with Crippen molar-refractivity contribution in [1.29, 1.82) is 0 Å². The summed E-state index contributed by atoms with van der Waals surface area (Å²) in [7, 11) is 0. The second kappa shape index (κ2) is 10.5. The molecule has 0 bridgehead atoms. The molecule has 6 heteroatoms. The Labute approximate surface area is 209 Å². The molecule has 35 heavy (non-hydrogen) atoms. The third kappa shape index (κ3) is 5.24. The van der Waals surface area contributed by atoms with Crippen molar-refractivity contribution in [1.82, 2.24) is 20.1 Å². The molecule has 2 N–H and O–H groups in total. The number of piperidine rings is 3. The molecule has 6 rings (SSSR count). The Kier molecular flexibility index (Phi) is 7.02. The Balaban J connectivity index is 1.01. The predicted molar refractivity (Wildman–Crippen MR) is 140 cm³/mol. The maximum Gasteiger partial charge on any atom is 0.267 e. The second-order valence-corrected chi connectivity index (χ2v) is 11.6. The molecule has 3 aliphatic heterocycles. The van der Waals surface area contributed by atoms with Gasteiger partial charge in [0.25, 0.3) is 5.91 Å². The van der Waals surface area contributed by atoms with E-state index in [1.165, 1.54) is 71.0 Å². The number of nitrogens with one attached hydrogen (secondary N) is 2. The van der Waals surface area contributed by atoms with Crippen LogP contribution in [0.5, 0.6) is 5.75 Å². The van der Waals surface area contributed by atoms with E-state index in [4.69, 9.17) is 4.74 Å². The number of aromatic amines is 1. The zero-order valence-electron chi connectivity index (χ0n) is 21.1. The molecule has 4 fully saturated rings. The summed E-state index contributed by atoms with van der Waals surface area (Å²) in [6.45, 7) is 6.85. The number of carbonyl (C=O) groups is 1. The SMILES string of the molecule is O=C(NC1CCN(CC2CCCN3CCCC[C@H]23)CC1)c1cc2c(OCC3CCC3)cccc2[nH]1. The monoisotopic (exact) mass is 478 g/mol. The molecular weight excluding hydrogens is 436 g/mol. The van der Waals surface area contributed by atoms with E-state index < -0.39 is 0 Å². The Morgan fingerprint density at radius 3 is 2.66 bits per heavy atom. The van der Waals surface area contributed by atoms with Gasteiger partial charge in [0.15, 0.2) is 0 Å². The predicted octanol–water partition coefficient (Wildman–Crippen LogP) is 4.81. The normalized spacial score (nSPS) is 26.9. The van der Waals surface area contributed by atoms with Gasteiger partial charge in [-0.05, 0) is 94.5 Å². The summed E-state index contributed by atoms with van der Waals surface area (Å²) < 4.78 is 6.11. The number of nitrogens with zero attached hydrogens (tertiary/aromatic N) is 2. The molecule has 1 unspecified atom stereocenters. The van der Waals surface area contributed by atoms with Gasteiger partial charge < -0.3 is 24.8 Å². The maximum absolute atomic E-state index is 13.1. The van der Waals surface area contributed by atoms with E-state index in [9.17, 15) is 4.79 Å². The average molecular weight is 479 g/mol. The van der Waals surface area contributed by atoms with Crippen LogP contribution < -0.4 is 10.1 Å². The van der Waals surface area contributed by atoms with Crippen LogP contribution in [-0.4, -0.2) is 72.1 Å². The largest absolute Gasteiger partial charge is 0.493 e. The van der Waals surface area contributed by atoms with Crippen molar-refractivity contribution in [2.24, 2.45) is 11.8 Å². The first-order valence-electron chi connectivity index (χ1n) is 14.2. The highest BCUT2D eigenvalue weighted by molar-refractivity contribution is 5.99. The standard InChI is InChI=1S/C29H42N4O2/c34-29(26-18-24-25(31-26)9-4-11-28(24)35-20-21-6-3-7-21)30-23-12-16-32(17-13-23)19-22-8-5-15-33-14-2-1-10-27(22)33/h4,9,11,18,21-23,27,31H,1-3,5-8,10,12-17,19-20H2,(H,30,34)/t22?,27-/m1/s1. The van der Waals surface area contributed by atoms with Crippen molar-refractivity contribution < 1.29 is 9.53 Å². The maximum atomic E-state index is 13.1. The number of ether oxygens (including phenoxy) is 1. The summed E-state index contributed by atoms with van der Waals surface area (Å²) in [6.07, 6.45) is 12.9. The molecule has 1 aromatic heterocycles. The Morgan fingerprint density at radius 1 is 0.971 bits per heavy atom. The van der Waals surface area contributed by atoms with E-state index in [1.54, 1.807) is 0 Å². The Bertz CT molecular complexity index is 1010. The lowest BCUT2D eigenvalue weighted by molar-refractivity contribution is 0.0351. The lowest BCUT2D eigenvalue weighted by Crippen LogP contribution is -2.52. The second-order valence-electron chi connectivity index (χ2n) is 11.6. The number of hydrogen-bond acceptors (Lipinski definition) is 4. The third-order valence-corrected chi connectivity index (χ3v) is 9.21. The quantitative estimate of drug-likeness (QED) is 0.600. The highest BCUT2D eigenvalue weighted by atomic mass is 16.5. The van der Waals surface area contributed by atoms with E-state index in [0.29, 0.717) is 11.6 Å². The van der Waals surface area contributed by atoms with Crippen LogP contribution in [0.2, 0.25) is 0 Å². The lowest BCUT2D eigenvalue weighted by Gasteiger charge is -2.46. The minimum Gasteiger partial charge on any atom is -0.493 e. The summed E-state index contributed by atoms with van der Waals surface area (Å²) in [5.41, 5.74) is 1.61. The van der Waals surface area contributed by atoms with Gasteiger partial charge in [-0.15, -0.1) is 0 Å². The van der Waals surface area contributed by atoms with Crippen LogP contribution in [0.1, 0.15) is 74.7 Å². The van der Waals surface area contributed by atoms with Crippen molar-refractivity contribution in [3.63, 3.8) is 0 Å². The van der Waals surface area contributed by atoms with E-state index in [0.717, 1.165) is 61.2 Å². The molecule has 4 heterocycles. The molecule has 4 aliphatic rings. The summed E-state index contributed by atoms with van der Waals surface area (Å²) in [5.74, 6) is 2.42. The molecule has 0 spiro atoms. The first-order valence-corrected chi connectivity index (χ1v) is 14.2. The van der Waals surface area contributed by atoms with Crippen molar-refractivity contribution >= 4 is 16.8 Å². The van der Waals surface area contributed by atoms with Gasteiger partial charge in [-0.2, -0.15) is 0 Å². The van der Waals surface area contributed by atoms with Gasteiger partial charge in [0.1, 0.15) is 11.4 Å². The first kappa shape index (κ1) is 23.4. The molecule has 0 radical (unpaired) electrons. The number of benzene rings is 1. The van der Waals surface area contributed by atoms with E-state index in [-0.39, 0.29) is 11.9 Å². The van der Waals surface area contributed by atoms with Gasteiger partial charge in [0.2, 0.25) is 0 Å². The summed E-state index contributed by atoms with van der Waals surface area (Å²) in [4.78, 5) is 21.8. The van der Waals surface area contributed by atoms with Gasteiger partial charge in [-0.1, -0.05) is 18.9 Å². The number of H-pyrrole nitrogens is 1. The van der Waals surface area contributed by atoms with E-state index in [2.05, 4.69) is 20.1 Å². The van der Waals surface area contributed by atoms with Crippen LogP contribution in [0, 0.1) is 11.8 Å². The minimum atomic E-state index is 0.00900. The zero-order valence-corrected chi connectivity index (χ0v) is 21.1. The molecule has 190 valence electrons. The molecule has 3 saturated heterocycles. The van der Waals surface area contributed by atoms with Crippen LogP contribution in [0.4, 0.5) is 0 Å². The number of carbonyl (C=O) groups excluding carboxylic acids is 1.